The van der Waals surface area contributed by atoms with E-state index in [-0.39, 0.29) is 5.91 Å². The lowest BCUT2D eigenvalue weighted by Crippen LogP contribution is -2.41. The van der Waals surface area contributed by atoms with E-state index in [4.69, 9.17) is 4.74 Å². The fourth-order valence-electron chi connectivity index (χ4n) is 2.84. The SMILES string of the molecule is CC(CNC(=O)C(C)Oc1ccc(Br)cc1)CN1CCCCC1. The molecule has 0 spiro atoms. The quantitative estimate of drug-likeness (QED) is 0.784. The number of piperidine rings is 1. The van der Waals surface area contributed by atoms with E-state index in [1.165, 1.54) is 32.4 Å². The molecule has 1 saturated heterocycles. The van der Waals surface area contributed by atoms with E-state index < -0.39 is 6.10 Å². The smallest absolute Gasteiger partial charge is 0.260 e. The number of hydrogen-bond acceptors (Lipinski definition) is 3. The molecule has 1 aliphatic rings. The van der Waals surface area contributed by atoms with Crippen molar-refractivity contribution >= 4 is 21.8 Å². The van der Waals surface area contributed by atoms with E-state index in [1.54, 1.807) is 6.92 Å². The summed E-state index contributed by atoms with van der Waals surface area (Å²) >= 11 is 3.38. The second-order valence-electron chi connectivity index (χ2n) is 6.43. The molecule has 1 amide bonds. The van der Waals surface area contributed by atoms with Gasteiger partial charge in [0.1, 0.15) is 5.75 Å². The number of carbonyl (C=O) groups excluding carboxylic acids is 1. The molecule has 2 rings (SSSR count). The molecule has 128 valence electrons. The first-order chi connectivity index (χ1) is 11.0. The third-order valence-electron chi connectivity index (χ3n) is 4.14. The van der Waals surface area contributed by atoms with Crippen molar-refractivity contribution in [3.63, 3.8) is 0 Å². The lowest BCUT2D eigenvalue weighted by Gasteiger charge is -2.29. The van der Waals surface area contributed by atoms with Gasteiger partial charge in [0.25, 0.3) is 5.91 Å². The fourth-order valence-corrected chi connectivity index (χ4v) is 3.10. The Hall–Kier alpha value is -1.07. The molecule has 1 aliphatic heterocycles. The predicted octanol–water partition coefficient (Wildman–Crippen LogP) is 3.45. The first-order valence-corrected chi connectivity index (χ1v) is 9.26. The van der Waals surface area contributed by atoms with E-state index >= 15 is 0 Å². The van der Waals surface area contributed by atoms with Gasteiger partial charge in [0, 0.05) is 17.6 Å². The van der Waals surface area contributed by atoms with Gasteiger partial charge in [0.2, 0.25) is 0 Å². The Morgan fingerprint density at radius 1 is 1.22 bits per heavy atom. The van der Waals surface area contributed by atoms with Crippen LogP contribution >= 0.6 is 15.9 Å². The summed E-state index contributed by atoms with van der Waals surface area (Å²) in [4.78, 5) is 14.7. The molecule has 5 heteroatoms. The molecule has 2 atom stereocenters. The number of hydrogen-bond donors (Lipinski definition) is 1. The largest absolute Gasteiger partial charge is 0.481 e. The molecule has 1 heterocycles. The number of amides is 1. The maximum absolute atomic E-state index is 12.2. The Morgan fingerprint density at radius 3 is 2.52 bits per heavy atom. The number of halogens is 1. The third kappa shape index (κ3) is 6.51. The molecule has 0 aromatic heterocycles. The molecule has 0 bridgehead atoms. The molecular weight excluding hydrogens is 356 g/mol. The number of nitrogens with one attached hydrogen (secondary N) is 1. The first kappa shape index (κ1) is 18.3. The molecule has 0 radical (unpaired) electrons. The Bertz CT molecular complexity index is 486. The molecule has 1 fully saturated rings. The van der Waals surface area contributed by atoms with Crippen molar-refractivity contribution in [2.24, 2.45) is 5.92 Å². The van der Waals surface area contributed by atoms with Crippen LogP contribution < -0.4 is 10.1 Å². The number of ether oxygens (including phenoxy) is 1. The Morgan fingerprint density at radius 2 is 1.87 bits per heavy atom. The van der Waals surface area contributed by atoms with Crippen LogP contribution in [0.5, 0.6) is 5.75 Å². The molecule has 2 unspecified atom stereocenters. The van der Waals surface area contributed by atoms with E-state index in [1.807, 2.05) is 24.3 Å². The van der Waals surface area contributed by atoms with Crippen LogP contribution in [0.15, 0.2) is 28.7 Å². The topological polar surface area (TPSA) is 41.6 Å². The van der Waals surface area contributed by atoms with Crippen molar-refractivity contribution in [2.75, 3.05) is 26.2 Å². The maximum atomic E-state index is 12.2. The average molecular weight is 383 g/mol. The zero-order chi connectivity index (χ0) is 16.7. The summed E-state index contributed by atoms with van der Waals surface area (Å²) in [7, 11) is 0. The van der Waals surface area contributed by atoms with Crippen LogP contribution in [-0.4, -0.2) is 43.1 Å². The lowest BCUT2D eigenvalue weighted by atomic mass is 10.1. The van der Waals surface area contributed by atoms with Gasteiger partial charge in [-0.25, -0.2) is 0 Å². The van der Waals surface area contributed by atoms with E-state index in [9.17, 15) is 4.79 Å². The van der Waals surface area contributed by atoms with Crippen molar-refractivity contribution in [3.8, 4) is 5.75 Å². The van der Waals surface area contributed by atoms with Crippen LogP contribution in [0.2, 0.25) is 0 Å². The van der Waals surface area contributed by atoms with E-state index in [0.717, 1.165) is 11.0 Å². The van der Waals surface area contributed by atoms with Crippen molar-refractivity contribution in [1.29, 1.82) is 0 Å². The maximum Gasteiger partial charge on any atom is 0.260 e. The summed E-state index contributed by atoms with van der Waals surface area (Å²) in [5.41, 5.74) is 0. The van der Waals surface area contributed by atoms with Crippen LogP contribution in [0.25, 0.3) is 0 Å². The summed E-state index contributed by atoms with van der Waals surface area (Å²) in [6.07, 6.45) is 3.47. The summed E-state index contributed by atoms with van der Waals surface area (Å²) in [6.45, 7) is 8.12. The standard InChI is InChI=1S/C18H27BrN2O2/c1-14(13-21-10-4-3-5-11-21)12-20-18(22)15(2)23-17-8-6-16(19)7-9-17/h6-9,14-15H,3-5,10-13H2,1-2H3,(H,20,22). The van der Waals surface area contributed by atoms with Crippen LogP contribution in [0.1, 0.15) is 33.1 Å². The number of nitrogens with zero attached hydrogens (tertiary/aromatic N) is 1. The second-order valence-corrected chi connectivity index (χ2v) is 7.34. The van der Waals surface area contributed by atoms with Crippen molar-refractivity contribution < 1.29 is 9.53 Å². The summed E-state index contributed by atoms with van der Waals surface area (Å²) in [6, 6.07) is 7.51. The van der Waals surface area contributed by atoms with E-state index in [2.05, 4.69) is 33.1 Å². The minimum atomic E-state index is -0.488. The number of likely N-dealkylation sites (tertiary alicyclic amines) is 1. The zero-order valence-corrected chi connectivity index (χ0v) is 15.6. The van der Waals surface area contributed by atoms with Gasteiger partial charge in [-0.05, 0) is 63.0 Å². The average Bonchev–Trinajstić information content (AvgIpc) is 2.55. The van der Waals surface area contributed by atoms with Gasteiger partial charge in [-0.2, -0.15) is 0 Å². The van der Waals surface area contributed by atoms with Gasteiger partial charge in [0.15, 0.2) is 6.10 Å². The summed E-state index contributed by atoms with van der Waals surface area (Å²) < 4.78 is 6.66. The van der Waals surface area contributed by atoms with Gasteiger partial charge >= 0.3 is 0 Å². The highest BCUT2D eigenvalue weighted by atomic mass is 79.9. The normalized spacial score (nSPS) is 18.2. The minimum Gasteiger partial charge on any atom is -0.481 e. The Kier molecular flexibility index (Phi) is 7.37. The van der Waals surface area contributed by atoms with Crippen LogP contribution in [0, 0.1) is 5.92 Å². The predicted molar refractivity (Wildman–Crippen MR) is 96.7 cm³/mol. The third-order valence-corrected chi connectivity index (χ3v) is 4.67. The number of carbonyl (C=O) groups is 1. The van der Waals surface area contributed by atoms with Crippen molar-refractivity contribution in [2.45, 2.75) is 39.2 Å². The highest BCUT2D eigenvalue weighted by Crippen LogP contribution is 2.17. The van der Waals surface area contributed by atoms with Crippen LogP contribution in [-0.2, 0) is 4.79 Å². The minimum absolute atomic E-state index is 0.0570. The highest BCUT2D eigenvalue weighted by molar-refractivity contribution is 9.10. The molecule has 1 N–H and O–H groups in total. The van der Waals surface area contributed by atoms with Crippen molar-refractivity contribution in [1.82, 2.24) is 10.2 Å². The molecule has 1 aromatic carbocycles. The lowest BCUT2D eigenvalue weighted by molar-refractivity contribution is -0.127. The van der Waals surface area contributed by atoms with Crippen molar-refractivity contribution in [3.05, 3.63) is 28.7 Å². The van der Waals surface area contributed by atoms with Crippen LogP contribution in [0.3, 0.4) is 0 Å². The highest BCUT2D eigenvalue weighted by Gasteiger charge is 2.17. The van der Waals surface area contributed by atoms with Gasteiger partial charge in [-0.1, -0.05) is 29.3 Å². The van der Waals surface area contributed by atoms with E-state index in [0.29, 0.717) is 18.2 Å². The fraction of sp³-hybridized carbons (Fsp3) is 0.611. The summed E-state index contributed by atoms with van der Waals surface area (Å²) in [5.74, 6) is 1.10. The molecule has 23 heavy (non-hydrogen) atoms. The van der Waals surface area contributed by atoms with Crippen LogP contribution in [0.4, 0.5) is 0 Å². The first-order valence-electron chi connectivity index (χ1n) is 8.47. The van der Waals surface area contributed by atoms with Gasteiger partial charge in [-0.3, -0.25) is 4.79 Å². The number of rotatable bonds is 7. The Labute approximate surface area is 147 Å². The monoisotopic (exact) mass is 382 g/mol. The molecular formula is C18H27BrN2O2. The molecule has 4 nitrogen and oxygen atoms in total. The Balaban J connectivity index is 1.69. The van der Waals surface area contributed by atoms with Gasteiger partial charge < -0.3 is 15.0 Å². The molecule has 1 aromatic rings. The molecule has 0 aliphatic carbocycles. The summed E-state index contributed by atoms with van der Waals surface area (Å²) in [5, 5.41) is 3.00. The molecule has 0 saturated carbocycles. The van der Waals surface area contributed by atoms with Gasteiger partial charge in [-0.15, -0.1) is 0 Å². The second kappa shape index (κ2) is 9.28. The zero-order valence-electron chi connectivity index (χ0n) is 14.1. The van der Waals surface area contributed by atoms with Gasteiger partial charge in [0.05, 0.1) is 0 Å². The number of benzene rings is 1.